The van der Waals surface area contributed by atoms with Gasteiger partial charge in [-0.3, -0.25) is 4.79 Å². The summed E-state index contributed by atoms with van der Waals surface area (Å²) >= 11 is 0. The van der Waals surface area contributed by atoms with Gasteiger partial charge in [-0.2, -0.15) is 18.4 Å². The fourth-order valence-corrected chi connectivity index (χ4v) is 2.07. The summed E-state index contributed by atoms with van der Waals surface area (Å²) in [5, 5.41) is 10.9. The van der Waals surface area contributed by atoms with Crippen molar-refractivity contribution in [2.24, 2.45) is 0 Å². The van der Waals surface area contributed by atoms with Crippen molar-refractivity contribution in [3.8, 4) is 6.07 Å². The first-order valence-corrected chi connectivity index (χ1v) is 7.40. The molecule has 0 saturated carbocycles. The third kappa shape index (κ3) is 4.60. The Bertz CT molecular complexity index is 872. The number of hydrogen-bond donors (Lipinski definition) is 1. The average Bonchev–Trinajstić information content (AvgIpc) is 2.61. The molecule has 0 fully saturated rings. The number of para-hydroxylation sites is 1. The van der Waals surface area contributed by atoms with Crippen molar-refractivity contribution in [2.75, 3.05) is 5.32 Å². The molecular formula is C18H13F3N2O3. The molecule has 0 radical (unpaired) electrons. The first-order chi connectivity index (χ1) is 12.2. The summed E-state index contributed by atoms with van der Waals surface area (Å²) < 4.78 is 43.8. The van der Waals surface area contributed by atoms with Crippen LogP contribution in [-0.4, -0.2) is 18.0 Å². The van der Waals surface area contributed by atoms with Crippen molar-refractivity contribution in [2.45, 2.75) is 19.2 Å². The van der Waals surface area contributed by atoms with Gasteiger partial charge in [0, 0.05) is 0 Å². The molecule has 0 aliphatic rings. The Kier molecular flexibility index (Phi) is 5.62. The minimum Gasteiger partial charge on any atom is -0.449 e. The highest BCUT2D eigenvalue weighted by molar-refractivity contribution is 5.97. The first-order valence-electron chi connectivity index (χ1n) is 7.40. The topological polar surface area (TPSA) is 79.2 Å². The molecule has 5 nitrogen and oxygen atoms in total. The average molecular weight is 362 g/mol. The minimum absolute atomic E-state index is 0.0550. The number of carbonyl (C=O) groups excluding carboxylic acids is 2. The fraction of sp³-hybridized carbons (Fsp3) is 0.167. The number of amides is 1. The van der Waals surface area contributed by atoms with Gasteiger partial charge in [0.1, 0.15) is 0 Å². The van der Waals surface area contributed by atoms with Gasteiger partial charge >= 0.3 is 12.1 Å². The van der Waals surface area contributed by atoms with E-state index >= 15 is 0 Å². The van der Waals surface area contributed by atoms with Crippen LogP contribution >= 0.6 is 0 Å². The van der Waals surface area contributed by atoms with Gasteiger partial charge in [-0.15, -0.1) is 0 Å². The number of nitrogens with zero attached hydrogens (tertiary/aromatic N) is 1. The van der Waals surface area contributed by atoms with E-state index < -0.39 is 35.4 Å². The molecule has 1 atom stereocenters. The number of carbonyl (C=O) groups is 2. The van der Waals surface area contributed by atoms with Gasteiger partial charge in [0.25, 0.3) is 5.91 Å². The van der Waals surface area contributed by atoms with E-state index in [1.165, 1.54) is 43.3 Å². The fourth-order valence-electron chi connectivity index (χ4n) is 2.07. The Morgan fingerprint density at radius 3 is 2.50 bits per heavy atom. The van der Waals surface area contributed by atoms with Crippen LogP contribution in [0.4, 0.5) is 18.9 Å². The van der Waals surface area contributed by atoms with Gasteiger partial charge in [-0.25, -0.2) is 4.79 Å². The van der Waals surface area contributed by atoms with Crippen LogP contribution in [0.3, 0.4) is 0 Å². The summed E-state index contributed by atoms with van der Waals surface area (Å²) in [7, 11) is 0. The molecule has 1 N–H and O–H groups in total. The van der Waals surface area contributed by atoms with Gasteiger partial charge in [-0.05, 0) is 37.3 Å². The van der Waals surface area contributed by atoms with E-state index in [1.807, 2.05) is 6.07 Å². The van der Waals surface area contributed by atoms with E-state index in [1.54, 1.807) is 0 Å². The molecule has 2 aromatic rings. The highest BCUT2D eigenvalue weighted by atomic mass is 19.4. The van der Waals surface area contributed by atoms with E-state index in [4.69, 9.17) is 10.00 Å². The number of nitriles is 1. The predicted octanol–water partition coefficient (Wildman–Crippen LogP) is 3.76. The predicted molar refractivity (Wildman–Crippen MR) is 86.1 cm³/mol. The van der Waals surface area contributed by atoms with E-state index in [0.29, 0.717) is 0 Å². The summed E-state index contributed by atoms with van der Waals surface area (Å²) in [6.07, 6.45) is -5.98. The maximum Gasteiger partial charge on any atom is 0.418 e. The summed E-state index contributed by atoms with van der Waals surface area (Å²) in [5.41, 5.74) is -1.15. The van der Waals surface area contributed by atoms with E-state index in [-0.39, 0.29) is 11.1 Å². The number of hydrogen-bond acceptors (Lipinski definition) is 4. The normalized spacial score (nSPS) is 12.0. The van der Waals surface area contributed by atoms with Crippen molar-refractivity contribution in [1.29, 1.82) is 5.26 Å². The zero-order valence-electron chi connectivity index (χ0n) is 13.5. The molecule has 0 spiro atoms. The van der Waals surface area contributed by atoms with Crippen LogP contribution in [0, 0.1) is 11.3 Å². The van der Waals surface area contributed by atoms with Crippen molar-refractivity contribution in [1.82, 2.24) is 0 Å². The highest BCUT2D eigenvalue weighted by Crippen LogP contribution is 2.34. The minimum atomic E-state index is -4.64. The van der Waals surface area contributed by atoms with Crippen molar-refractivity contribution in [3.05, 3.63) is 65.2 Å². The second-order valence-corrected chi connectivity index (χ2v) is 5.27. The van der Waals surface area contributed by atoms with E-state index in [2.05, 4.69) is 5.32 Å². The molecule has 0 saturated heterocycles. The maximum absolute atomic E-state index is 12.9. The lowest BCUT2D eigenvalue weighted by molar-refractivity contribution is -0.137. The van der Waals surface area contributed by atoms with Crippen LogP contribution in [0.2, 0.25) is 0 Å². The van der Waals surface area contributed by atoms with Crippen LogP contribution in [0.15, 0.2) is 48.5 Å². The monoisotopic (exact) mass is 362 g/mol. The number of esters is 1. The number of anilines is 1. The van der Waals surface area contributed by atoms with Gasteiger partial charge in [0.15, 0.2) is 6.10 Å². The van der Waals surface area contributed by atoms with Crippen LogP contribution in [0.25, 0.3) is 0 Å². The Morgan fingerprint density at radius 1 is 1.15 bits per heavy atom. The van der Waals surface area contributed by atoms with Crippen LogP contribution in [0.1, 0.15) is 28.4 Å². The Morgan fingerprint density at radius 2 is 1.85 bits per heavy atom. The SMILES string of the molecule is C[C@H](OC(=O)c1cccc(C#N)c1)C(=O)Nc1ccccc1C(F)(F)F. The Hall–Kier alpha value is -3.34. The molecule has 0 aliphatic carbocycles. The van der Waals surface area contributed by atoms with E-state index in [9.17, 15) is 22.8 Å². The molecule has 2 aromatic carbocycles. The first kappa shape index (κ1) is 19.0. The second kappa shape index (κ2) is 7.70. The Labute approximate surface area is 147 Å². The summed E-state index contributed by atoms with van der Waals surface area (Å²) in [6, 6.07) is 12.0. The Balaban J connectivity index is 2.09. The van der Waals surface area contributed by atoms with Crippen LogP contribution < -0.4 is 5.32 Å². The van der Waals surface area contributed by atoms with Gasteiger partial charge in [0.05, 0.1) is 28.4 Å². The number of ether oxygens (including phenoxy) is 1. The maximum atomic E-state index is 12.9. The summed E-state index contributed by atoms with van der Waals surface area (Å²) in [6.45, 7) is 1.23. The van der Waals surface area contributed by atoms with E-state index in [0.717, 1.165) is 12.1 Å². The quantitative estimate of drug-likeness (QED) is 0.840. The molecule has 0 aliphatic heterocycles. The molecule has 2 rings (SSSR count). The number of alkyl halides is 3. The zero-order chi connectivity index (χ0) is 19.3. The number of rotatable bonds is 4. The lowest BCUT2D eigenvalue weighted by Gasteiger charge is -2.16. The highest BCUT2D eigenvalue weighted by Gasteiger charge is 2.34. The molecule has 0 bridgehead atoms. The molecule has 0 unspecified atom stereocenters. The molecular weight excluding hydrogens is 349 g/mol. The van der Waals surface area contributed by atoms with Crippen LogP contribution in [0.5, 0.6) is 0 Å². The van der Waals surface area contributed by atoms with Crippen LogP contribution in [-0.2, 0) is 15.7 Å². The molecule has 1 amide bonds. The van der Waals surface area contributed by atoms with Gasteiger partial charge < -0.3 is 10.1 Å². The lowest BCUT2D eigenvalue weighted by atomic mass is 10.1. The molecule has 26 heavy (non-hydrogen) atoms. The largest absolute Gasteiger partial charge is 0.449 e. The third-order valence-corrected chi connectivity index (χ3v) is 3.37. The number of halogens is 3. The number of nitrogens with one attached hydrogen (secondary N) is 1. The number of benzene rings is 2. The molecule has 0 aromatic heterocycles. The van der Waals surface area contributed by atoms with Gasteiger partial charge in [-0.1, -0.05) is 18.2 Å². The standard InChI is InChI=1S/C18H13F3N2O3/c1-11(26-17(25)13-6-4-5-12(9-13)10-22)16(24)23-15-8-3-2-7-14(15)18(19,20)21/h2-9,11H,1H3,(H,23,24)/t11-/m0/s1. The van der Waals surface area contributed by atoms with Gasteiger partial charge in [0.2, 0.25) is 0 Å². The van der Waals surface area contributed by atoms with Crippen molar-refractivity contribution < 1.29 is 27.5 Å². The zero-order valence-corrected chi connectivity index (χ0v) is 13.5. The van der Waals surface area contributed by atoms with Crippen molar-refractivity contribution in [3.63, 3.8) is 0 Å². The molecule has 0 heterocycles. The third-order valence-electron chi connectivity index (χ3n) is 3.37. The lowest BCUT2D eigenvalue weighted by Crippen LogP contribution is -2.30. The molecule has 134 valence electrons. The molecule has 8 heteroatoms. The summed E-state index contributed by atoms with van der Waals surface area (Å²) in [5.74, 6) is -1.78. The smallest absolute Gasteiger partial charge is 0.418 e. The van der Waals surface area contributed by atoms with Crippen molar-refractivity contribution >= 4 is 17.6 Å². The summed E-state index contributed by atoms with van der Waals surface area (Å²) in [4.78, 5) is 24.1. The second-order valence-electron chi connectivity index (χ2n) is 5.27.